The molecule has 0 radical (unpaired) electrons. The van der Waals surface area contributed by atoms with Crippen molar-refractivity contribution in [1.82, 2.24) is 20.2 Å². The number of benzene rings is 1. The van der Waals surface area contributed by atoms with Crippen molar-refractivity contribution in [3.63, 3.8) is 0 Å². The molecule has 1 saturated carbocycles. The van der Waals surface area contributed by atoms with E-state index in [1.807, 2.05) is 30.5 Å². The van der Waals surface area contributed by atoms with Crippen molar-refractivity contribution in [1.29, 1.82) is 0 Å². The summed E-state index contributed by atoms with van der Waals surface area (Å²) < 4.78 is 6.12. The first kappa shape index (κ1) is 18.1. The predicted octanol–water partition coefficient (Wildman–Crippen LogP) is 5.06. The predicted molar refractivity (Wildman–Crippen MR) is 112 cm³/mol. The number of aromatic nitrogens is 4. The second-order valence-corrected chi connectivity index (χ2v) is 7.96. The van der Waals surface area contributed by atoms with Gasteiger partial charge in [0.25, 0.3) is 0 Å². The molecule has 9 heteroatoms. The summed E-state index contributed by atoms with van der Waals surface area (Å²) in [7, 11) is 1.65. The average molecular weight is 447 g/mol. The van der Waals surface area contributed by atoms with E-state index in [0.717, 1.165) is 26.6 Å². The van der Waals surface area contributed by atoms with E-state index in [2.05, 4.69) is 46.7 Å². The van der Waals surface area contributed by atoms with Crippen molar-refractivity contribution in [3.8, 4) is 5.75 Å². The quantitative estimate of drug-likeness (QED) is 0.437. The van der Waals surface area contributed by atoms with Gasteiger partial charge in [-0.05, 0) is 47.2 Å². The zero-order valence-corrected chi connectivity index (χ0v) is 17.3. The number of rotatable bonds is 7. The van der Waals surface area contributed by atoms with Gasteiger partial charge in [0.2, 0.25) is 5.95 Å². The third-order valence-corrected chi connectivity index (χ3v) is 5.50. The van der Waals surface area contributed by atoms with E-state index in [1.54, 1.807) is 25.1 Å². The number of hydrogen-bond donors (Lipinski definition) is 3. The van der Waals surface area contributed by atoms with Crippen LogP contribution >= 0.6 is 27.7 Å². The van der Waals surface area contributed by atoms with Gasteiger partial charge in [-0.25, -0.2) is 4.98 Å². The van der Waals surface area contributed by atoms with Crippen molar-refractivity contribution < 1.29 is 4.74 Å². The van der Waals surface area contributed by atoms with Gasteiger partial charge in [0.15, 0.2) is 11.6 Å². The SMILES string of the molecule is COc1cc(Nc2ncc(Br)c(Nc3cc(C4CC4)[nH]n3)n2)cc(SC)c1. The summed E-state index contributed by atoms with van der Waals surface area (Å²) >= 11 is 5.14. The summed E-state index contributed by atoms with van der Waals surface area (Å²) in [6.07, 6.45) is 6.19. The summed E-state index contributed by atoms with van der Waals surface area (Å²) in [4.78, 5) is 10.0. The molecule has 0 atom stereocenters. The molecule has 0 aliphatic heterocycles. The summed E-state index contributed by atoms with van der Waals surface area (Å²) in [6.45, 7) is 0. The Kier molecular flexibility index (Phi) is 5.22. The second kappa shape index (κ2) is 7.77. The summed E-state index contributed by atoms with van der Waals surface area (Å²) in [5, 5.41) is 13.9. The van der Waals surface area contributed by atoms with Crippen LogP contribution in [0.15, 0.2) is 39.8 Å². The second-order valence-electron chi connectivity index (χ2n) is 6.22. The largest absolute Gasteiger partial charge is 0.497 e. The van der Waals surface area contributed by atoms with Crippen molar-refractivity contribution in [2.45, 2.75) is 23.7 Å². The minimum Gasteiger partial charge on any atom is -0.497 e. The number of thioether (sulfide) groups is 1. The maximum atomic E-state index is 5.36. The molecule has 1 aliphatic rings. The molecule has 7 nitrogen and oxygen atoms in total. The van der Waals surface area contributed by atoms with Crippen LogP contribution in [0, 0.1) is 0 Å². The molecule has 2 heterocycles. The maximum Gasteiger partial charge on any atom is 0.229 e. The van der Waals surface area contributed by atoms with Gasteiger partial charge in [-0.1, -0.05) is 0 Å². The first-order valence-corrected chi connectivity index (χ1v) is 10.5. The molecule has 3 aromatic rings. The van der Waals surface area contributed by atoms with E-state index in [9.17, 15) is 0 Å². The molecule has 1 aromatic carbocycles. The fourth-order valence-electron chi connectivity index (χ4n) is 2.65. The van der Waals surface area contributed by atoms with Crippen molar-refractivity contribution >= 4 is 51.0 Å². The first-order valence-electron chi connectivity index (χ1n) is 8.49. The lowest BCUT2D eigenvalue weighted by Gasteiger charge is -2.11. The van der Waals surface area contributed by atoms with Crippen LogP contribution in [0.3, 0.4) is 0 Å². The molecule has 1 fully saturated rings. The highest BCUT2D eigenvalue weighted by atomic mass is 79.9. The lowest BCUT2D eigenvalue weighted by atomic mass is 10.3. The smallest absolute Gasteiger partial charge is 0.229 e. The van der Waals surface area contributed by atoms with Gasteiger partial charge in [0.1, 0.15) is 5.75 Å². The Morgan fingerprint density at radius 2 is 2.07 bits per heavy atom. The normalized spacial score (nSPS) is 13.4. The molecule has 140 valence electrons. The Labute approximate surface area is 169 Å². The molecular formula is C18H19BrN6OS. The van der Waals surface area contributed by atoms with Gasteiger partial charge in [-0.15, -0.1) is 11.8 Å². The molecule has 2 aromatic heterocycles. The fraction of sp³-hybridized carbons (Fsp3) is 0.278. The van der Waals surface area contributed by atoms with E-state index in [-0.39, 0.29) is 0 Å². The number of halogens is 1. The number of nitrogens with zero attached hydrogens (tertiary/aromatic N) is 3. The highest BCUT2D eigenvalue weighted by molar-refractivity contribution is 9.10. The zero-order valence-electron chi connectivity index (χ0n) is 14.9. The third-order valence-electron chi connectivity index (χ3n) is 4.21. The molecular weight excluding hydrogens is 428 g/mol. The van der Waals surface area contributed by atoms with E-state index in [1.165, 1.54) is 18.5 Å². The lowest BCUT2D eigenvalue weighted by molar-refractivity contribution is 0.414. The Hall–Kier alpha value is -2.26. The van der Waals surface area contributed by atoms with Crippen LogP contribution < -0.4 is 15.4 Å². The number of methoxy groups -OCH3 is 1. The van der Waals surface area contributed by atoms with Crippen molar-refractivity contribution in [2.75, 3.05) is 24.0 Å². The molecule has 27 heavy (non-hydrogen) atoms. The van der Waals surface area contributed by atoms with Crippen LogP contribution in [-0.4, -0.2) is 33.5 Å². The maximum absolute atomic E-state index is 5.36. The standard InChI is InChI=1S/C18H19BrN6OS/c1-26-12-5-11(6-13(7-12)27-2)21-18-20-9-14(19)17(23-18)22-16-8-15(24-25-16)10-3-4-10/h5-10H,3-4H2,1-2H3,(H3,20,21,22,23,24,25). The minimum absolute atomic E-state index is 0.485. The molecule has 0 saturated heterocycles. The summed E-state index contributed by atoms with van der Waals surface area (Å²) in [6, 6.07) is 7.96. The van der Waals surface area contributed by atoms with Crippen LogP contribution in [0.4, 0.5) is 23.3 Å². The zero-order chi connectivity index (χ0) is 18.8. The lowest BCUT2D eigenvalue weighted by Crippen LogP contribution is -2.02. The van der Waals surface area contributed by atoms with Gasteiger partial charge in [-0.2, -0.15) is 10.1 Å². The number of aromatic amines is 1. The molecule has 0 spiro atoms. The van der Waals surface area contributed by atoms with E-state index in [4.69, 9.17) is 4.74 Å². The third kappa shape index (κ3) is 4.36. The Bertz CT molecular complexity index is 937. The molecule has 1 aliphatic carbocycles. The molecule has 0 bridgehead atoms. The molecule has 3 N–H and O–H groups in total. The number of ether oxygens (including phenoxy) is 1. The summed E-state index contributed by atoms with van der Waals surface area (Å²) in [5.41, 5.74) is 2.03. The Balaban J connectivity index is 1.54. The van der Waals surface area contributed by atoms with Crippen molar-refractivity contribution in [2.24, 2.45) is 0 Å². The number of hydrogen-bond acceptors (Lipinski definition) is 7. The topological polar surface area (TPSA) is 87.8 Å². The number of H-pyrrole nitrogens is 1. The average Bonchev–Trinajstić information content (AvgIpc) is 3.43. The van der Waals surface area contributed by atoms with Crippen molar-refractivity contribution in [3.05, 3.63) is 40.6 Å². The van der Waals surface area contributed by atoms with Gasteiger partial charge < -0.3 is 15.4 Å². The van der Waals surface area contributed by atoms with Gasteiger partial charge in [0.05, 0.1) is 11.6 Å². The van der Waals surface area contributed by atoms with Crippen LogP contribution in [0.25, 0.3) is 0 Å². The van der Waals surface area contributed by atoms with Crippen LogP contribution in [0.5, 0.6) is 5.75 Å². The van der Waals surface area contributed by atoms with Gasteiger partial charge in [-0.3, -0.25) is 5.10 Å². The molecule has 0 unspecified atom stereocenters. The fourth-order valence-corrected chi connectivity index (χ4v) is 3.42. The van der Waals surface area contributed by atoms with Crippen LogP contribution in [0.2, 0.25) is 0 Å². The summed E-state index contributed by atoms with van der Waals surface area (Å²) in [5.74, 6) is 3.28. The minimum atomic E-state index is 0.485. The molecule has 0 amide bonds. The molecule has 4 rings (SSSR count). The van der Waals surface area contributed by atoms with E-state index < -0.39 is 0 Å². The monoisotopic (exact) mass is 446 g/mol. The Morgan fingerprint density at radius 1 is 1.22 bits per heavy atom. The first-order chi connectivity index (χ1) is 13.1. The van der Waals surface area contributed by atoms with Gasteiger partial charge in [0, 0.05) is 40.5 Å². The van der Waals surface area contributed by atoms with E-state index in [0.29, 0.717) is 17.7 Å². The number of anilines is 4. The van der Waals surface area contributed by atoms with Gasteiger partial charge >= 0.3 is 0 Å². The number of nitrogens with one attached hydrogen (secondary N) is 3. The highest BCUT2D eigenvalue weighted by Gasteiger charge is 2.25. The van der Waals surface area contributed by atoms with Crippen LogP contribution in [0.1, 0.15) is 24.5 Å². The van der Waals surface area contributed by atoms with Crippen LogP contribution in [-0.2, 0) is 0 Å². The highest BCUT2D eigenvalue weighted by Crippen LogP contribution is 2.39. The van der Waals surface area contributed by atoms with E-state index >= 15 is 0 Å². The Morgan fingerprint density at radius 3 is 2.81 bits per heavy atom.